The van der Waals surface area contributed by atoms with Crippen molar-refractivity contribution in [3.05, 3.63) is 60.4 Å². The number of amides is 2. The third-order valence-corrected chi connectivity index (χ3v) is 5.02. The van der Waals surface area contributed by atoms with Crippen LogP contribution in [-0.4, -0.2) is 38.9 Å². The summed E-state index contributed by atoms with van der Waals surface area (Å²) in [6, 6.07) is 16.6. The van der Waals surface area contributed by atoms with E-state index in [9.17, 15) is 9.59 Å². The number of carbonyl (C=O) groups is 2. The Morgan fingerprint density at radius 3 is 2.45 bits per heavy atom. The maximum atomic E-state index is 13.2. The summed E-state index contributed by atoms with van der Waals surface area (Å²) < 4.78 is 1.96. The van der Waals surface area contributed by atoms with E-state index in [0.717, 1.165) is 35.4 Å². The summed E-state index contributed by atoms with van der Waals surface area (Å²) in [4.78, 5) is 32.3. The van der Waals surface area contributed by atoms with Gasteiger partial charge in [-0.05, 0) is 37.6 Å². The van der Waals surface area contributed by atoms with Crippen LogP contribution in [0.25, 0.3) is 11.0 Å². The number of para-hydroxylation sites is 3. The summed E-state index contributed by atoms with van der Waals surface area (Å²) in [6.07, 6.45) is 1.51. The molecule has 2 aromatic carbocycles. The molecule has 0 bridgehead atoms. The van der Waals surface area contributed by atoms with Gasteiger partial charge in [0.2, 0.25) is 11.8 Å². The maximum absolute atomic E-state index is 13.2. The zero-order chi connectivity index (χ0) is 20.8. The van der Waals surface area contributed by atoms with E-state index in [1.807, 2.05) is 73.0 Å². The molecule has 1 unspecified atom stereocenters. The molecule has 2 amide bonds. The number of fused-ring (bicyclic) bond motifs is 1. The van der Waals surface area contributed by atoms with Gasteiger partial charge in [0, 0.05) is 18.7 Å². The monoisotopic (exact) mass is 392 g/mol. The predicted octanol–water partition coefficient (Wildman–Crippen LogP) is 3.86. The van der Waals surface area contributed by atoms with Gasteiger partial charge in [0.25, 0.3) is 0 Å². The Morgan fingerprint density at radius 2 is 1.76 bits per heavy atom. The maximum Gasteiger partial charge on any atom is 0.246 e. The number of anilines is 1. The van der Waals surface area contributed by atoms with Crippen LogP contribution in [0.15, 0.2) is 54.6 Å². The molecule has 0 aliphatic heterocycles. The van der Waals surface area contributed by atoms with Crippen molar-refractivity contribution in [2.24, 2.45) is 0 Å². The minimum atomic E-state index is -0.567. The minimum Gasteiger partial charge on any atom is -0.329 e. The molecule has 0 aliphatic rings. The van der Waals surface area contributed by atoms with Crippen LogP contribution in [0, 0.1) is 0 Å². The minimum absolute atomic E-state index is 0.0829. The van der Waals surface area contributed by atoms with Crippen molar-refractivity contribution >= 4 is 28.5 Å². The number of nitrogens with zero attached hydrogens (tertiary/aromatic N) is 3. The van der Waals surface area contributed by atoms with Crippen LogP contribution < -0.4 is 5.32 Å². The van der Waals surface area contributed by atoms with Gasteiger partial charge in [-0.2, -0.15) is 0 Å². The molecule has 0 fully saturated rings. The molecule has 0 saturated carbocycles. The number of benzene rings is 2. The van der Waals surface area contributed by atoms with E-state index < -0.39 is 6.04 Å². The average Bonchev–Trinajstić information content (AvgIpc) is 3.09. The molecule has 6 nitrogen and oxygen atoms in total. The molecular weight excluding hydrogens is 364 g/mol. The lowest BCUT2D eigenvalue weighted by atomic mass is 10.2. The molecular formula is C23H28N4O2. The first-order valence-corrected chi connectivity index (χ1v) is 10.1. The summed E-state index contributed by atoms with van der Waals surface area (Å²) in [6.45, 7) is 6.51. The lowest BCUT2D eigenvalue weighted by molar-refractivity contribution is -0.138. The first-order valence-electron chi connectivity index (χ1n) is 10.1. The second kappa shape index (κ2) is 9.37. The lowest BCUT2D eigenvalue weighted by Gasteiger charge is -2.28. The van der Waals surface area contributed by atoms with Crippen molar-refractivity contribution < 1.29 is 9.59 Å². The SMILES string of the molecule is CCCN(C(=O)Cn1c(CC)nc2ccccc21)C(C)C(=O)Nc1ccccc1. The van der Waals surface area contributed by atoms with Gasteiger partial charge in [-0.25, -0.2) is 4.98 Å². The number of hydrogen-bond acceptors (Lipinski definition) is 3. The van der Waals surface area contributed by atoms with Crippen LogP contribution in [-0.2, 0) is 22.6 Å². The highest BCUT2D eigenvalue weighted by Crippen LogP contribution is 2.18. The van der Waals surface area contributed by atoms with E-state index in [2.05, 4.69) is 10.3 Å². The molecule has 1 aromatic heterocycles. The number of aromatic nitrogens is 2. The van der Waals surface area contributed by atoms with Crippen molar-refractivity contribution in [3.63, 3.8) is 0 Å². The van der Waals surface area contributed by atoms with Gasteiger partial charge < -0.3 is 14.8 Å². The van der Waals surface area contributed by atoms with Crippen molar-refractivity contribution in [2.45, 2.75) is 46.2 Å². The van der Waals surface area contributed by atoms with Crippen molar-refractivity contribution in [1.29, 1.82) is 0 Å². The Hall–Kier alpha value is -3.15. The molecule has 0 radical (unpaired) electrons. The summed E-state index contributed by atoms with van der Waals surface area (Å²) in [5.74, 6) is 0.599. The van der Waals surface area contributed by atoms with Crippen molar-refractivity contribution in [1.82, 2.24) is 14.5 Å². The highest BCUT2D eigenvalue weighted by Gasteiger charge is 2.26. The van der Waals surface area contributed by atoms with Gasteiger partial charge >= 0.3 is 0 Å². The third kappa shape index (κ3) is 4.65. The van der Waals surface area contributed by atoms with E-state index >= 15 is 0 Å². The topological polar surface area (TPSA) is 67.2 Å². The van der Waals surface area contributed by atoms with Crippen LogP contribution >= 0.6 is 0 Å². The molecule has 1 N–H and O–H groups in total. The van der Waals surface area contributed by atoms with Gasteiger partial charge in [-0.15, -0.1) is 0 Å². The molecule has 3 aromatic rings. The fraction of sp³-hybridized carbons (Fsp3) is 0.348. The predicted molar refractivity (Wildman–Crippen MR) is 116 cm³/mol. The number of hydrogen-bond donors (Lipinski definition) is 1. The first kappa shape index (κ1) is 20.6. The molecule has 0 spiro atoms. The number of carbonyl (C=O) groups excluding carboxylic acids is 2. The molecule has 6 heteroatoms. The van der Waals surface area contributed by atoms with E-state index in [1.165, 1.54) is 0 Å². The number of nitrogens with one attached hydrogen (secondary N) is 1. The zero-order valence-corrected chi connectivity index (χ0v) is 17.3. The second-order valence-electron chi connectivity index (χ2n) is 7.07. The van der Waals surface area contributed by atoms with Crippen LogP contribution in [0.1, 0.15) is 33.0 Å². The fourth-order valence-electron chi connectivity index (χ4n) is 3.48. The molecule has 0 saturated heterocycles. The highest BCUT2D eigenvalue weighted by atomic mass is 16.2. The Balaban J connectivity index is 1.80. The summed E-state index contributed by atoms with van der Waals surface area (Å²) in [5, 5.41) is 2.89. The Morgan fingerprint density at radius 1 is 1.07 bits per heavy atom. The standard InChI is InChI=1S/C23H28N4O2/c1-4-15-26(17(3)23(29)24-18-11-7-6-8-12-18)22(28)16-27-20-14-10-9-13-19(20)25-21(27)5-2/h6-14,17H,4-5,15-16H2,1-3H3,(H,24,29). The smallest absolute Gasteiger partial charge is 0.246 e. The van der Waals surface area contributed by atoms with Gasteiger partial charge in [-0.3, -0.25) is 9.59 Å². The van der Waals surface area contributed by atoms with Crippen molar-refractivity contribution in [3.8, 4) is 0 Å². The van der Waals surface area contributed by atoms with Crippen molar-refractivity contribution in [2.75, 3.05) is 11.9 Å². The van der Waals surface area contributed by atoms with Gasteiger partial charge in [0.15, 0.2) is 0 Å². The highest BCUT2D eigenvalue weighted by molar-refractivity contribution is 5.97. The van der Waals surface area contributed by atoms with E-state index in [1.54, 1.807) is 11.8 Å². The molecule has 152 valence electrons. The van der Waals surface area contributed by atoms with Crippen LogP contribution in [0.5, 0.6) is 0 Å². The third-order valence-electron chi connectivity index (χ3n) is 5.02. The van der Waals surface area contributed by atoms with Gasteiger partial charge in [-0.1, -0.05) is 44.2 Å². The molecule has 1 heterocycles. The molecule has 29 heavy (non-hydrogen) atoms. The second-order valence-corrected chi connectivity index (χ2v) is 7.07. The number of rotatable bonds is 8. The Labute approximate surface area is 171 Å². The normalized spacial score (nSPS) is 12.0. The Kier molecular flexibility index (Phi) is 6.65. The van der Waals surface area contributed by atoms with E-state index in [0.29, 0.717) is 6.54 Å². The van der Waals surface area contributed by atoms with Gasteiger partial charge in [0.05, 0.1) is 11.0 Å². The van der Waals surface area contributed by atoms with Crippen LogP contribution in [0.4, 0.5) is 5.69 Å². The van der Waals surface area contributed by atoms with Crippen LogP contribution in [0.2, 0.25) is 0 Å². The Bertz CT molecular complexity index is 981. The summed E-state index contributed by atoms with van der Waals surface area (Å²) in [7, 11) is 0. The lowest BCUT2D eigenvalue weighted by Crippen LogP contribution is -2.47. The summed E-state index contributed by atoms with van der Waals surface area (Å²) in [5.41, 5.74) is 2.55. The van der Waals surface area contributed by atoms with E-state index in [-0.39, 0.29) is 18.4 Å². The zero-order valence-electron chi connectivity index (χ0n) is 17.3. The molecule has 1 atom stereocenters. The quantitative estimate of drug-likeness (QED) is 0.633. The van der Waals surface area contributed by atoms with E-state index in [4.69, 9.17) is 0 Å². The molecule has 3 rings (SSSR count). The largest absolute Gasteiger partial charge is 0.329 e. The fourth-order valence-corrected chi connectivity index (χ4v) is 3.48. The van der Waals surface area contributed by atoms with Gasteiger partial charge in [0.1, 0.15) is 18.4 Å². The van der Waals surface area contributed by atoms with Crippen LogP contribution in [0.3, 0.4) is 0 Å². The average molecular weight is 393 g/mol. The first-order chi connectivity index (χ1) is 14.0. The molecule has 0 aliphatic carbocycles. The summed E-state index contributed by atoms with van der Waals surface area (Å²) >= 11 is 0. The number of imidazole rings is 1. The number of aryl methyl sites for hydroxylation is 1.